The van der Waals surface area contributed by atoms with Crippen LogP contribution in [0, 0.1) is 46.3 Å². The van der Waals surface area contributed by atoms with Crippen molar-refractivity contribution in [3.05, 3.63) is 0 Å². The Balaban J connectivity index is 1.45. The van der Waals surface area contributed by atoms with Crippen LogP contribution in [0.2, 0.25) is 0 Å². The van der Waals surface area contributed by atoms with Crippen LogP contribution in [0.15, 0.2) is 0 Å². The van der Waals surface area contributed by atoms with Crippen molar-refractivity contribution in [2.45, 2.75) is 124 Å². The van der Waals surface area contributed by atoms with E-state index in [1.165, 1.54) is 77.0 Å². The summed E-state index contributed by atoms with van der Waals surface area (Å²) in [5, 5.41) is 10.3. The number of aliphatic hydroxyl groups is 1. The van der Waals surface area contributed by atoms with Gasteiger partial charge in [-0.3, -0.25) is 0 Å². The highest BCUT2D eigenvalue weighted by Gasteiger charge is 2.60. The van der Waals surface area contributed by atoms with Gasteiger partial charge in [0, 0.05) is 0 Å². The van der Waals surface area contributed by atoms with Gasteiger partial charge in [-0.2, -0.15) is 0 Å². The van der Waals surface area contributed by atoms with E-state index in [0.717, 1.165) is 48.3 Å². The Bertz CT molecular complexity index is 528. The molecule has 0 radical (unpaired) electrons. The second kappa shape index (κ2) is 8.24. The summed E-state index contributed by atoms with van der Waals surface area (Å²) < 4.78 is 0. The first-order valence-electron chi connectivity index (χ1n) is 13.1. The molecule has 0 aliphatic heterocycles. The van der Waals surface area contributed by atoms with Crippen molar-refractivity contribution < 1.29 is 5.11 Å². The molecule has 0 spiro atoms. The van der Waals surface area contributed by atoms with E-state index in [0.29, 0.717) is 10.8 Å². The predicted octanol–water partition coefficient (Wildman–Crippen LogP) is 7.61. The highest BCUT2D eigenvalue weighted by Crippen LogP contribution is 2.68. The van der Waals surface area contributed by atoms with Crippen LogP contribution in [0.25, 0.3) is 0 Å². The van der Waals surface area contributed by atoms with Gasteiger partial charge in [0.05, 0.1) is 6.10 Å². The Morgan fingerprint density at radius 1 is 0.857 bits per heavy atom. The predicted molar refractivity (Wildman–Crippen MR) is 119 cm³/mol. The first kappa shape index (κ1) is 21.2. The zero-order valence-electron chi connectivity index (χ0n) is 19.4. The number of unbranched alkanes of at least 4 members (excludes halogenated alkanes) is 3. The van der Waals surface area contributed by atoms with Crippen molar-refractivity contribution in [2.75, 3.05) is 0 Å². The number of fused-ring (bicyclic) bond motifs is 5. The van der Waals surface area contributed by atoms with Gasteiger partial charge < -0.3 is 5.11 Å². The molecule has 0 aromatic heterocycles. The second-order valence-electron chi connectivity index (χ2n) is 12.1. The lowest BCUT2D eigenvalue weighted by Crippen LogP contribution is -2.54. The highest BCUT2D eigenvalue weighted by atomic mass is 16.3. The van der Waals surface area contributed by atoms with E-state index in [-0.39, 0.29) is 6.10 Å². The third-order valence-electron chi connectivity index (χ3n) is 10.9. The topological polar surface area (TPSA) is 20.2 Å². The van der Waals surface area contributed by atoms with Crippen molar-refractivity contribution in [1.29, 1.82) is 0 Å². The summed E-state index contributed by atoms with van der Waals surface area (Å²) in [6, 6.07) is 0. The second-order valence-corrected chi connectivity index (χ2v) is 12.1. The van der Waals surface area contributed by atoms with E-state index >= 15 is 0 Å². The molecule has 4 aliphatic carbocycles. The molecule has 1 N–H and O–H groups in total. The minimum Gasteiger partial charge on any atom is -0.393 e. The molecule has 0 heterocycles. The lowest BCUT2D eigenvalue weighted by molar-refractivity contribution is -0.129. The zero-order valence-corrected chi connectivity index (χ0v) is 19.4. The molecular weight excluding hydrogens is 340 g/mol. The third-order valence-corrected chi connectivity index (χ3v) is 10.9. The molecular formula is C27H48O. The maximum Gasteiger partial charge on any atom is 0.0543 e. The summed E-state index contributed by atoms with van der Waals surface area (Å²) in [6.45, 7) is 10.3. The Hall–Kier alpha value is -0.0400. The number of hydrogen-bond acceptors (Lipinski definition) is 1. The molecule has 4 saturated carbocycles. The maximum absolute atomic E-state index is 10.3. The quantitative estimate of drug-likeness (QED) is 0.464. The fourth-order valence-corrected chi connectivity index (χ4v) is 9.30. The van der Waals surface area contributed by atoms with Gasteiger partial charge >= 0.3 is 0 Å². The van der Waals surface area contributed by atoms with E-state index in [1.54, 1.807) is 0 Å². The maximum atomic E-state index is 10.3. The molecule has 162 valence electrons. The van der Waals surface area contributed by atoms with E-state index in [9.17, 15) is 5.11 Å². The Kier molecular flexibility index (Phi) is 6.24. The summed E-state index contributed by atoms with van der Waals surface area (Å²) in [5.74, 6) is 5.66. The van der Waals surface area contributed by atoms with Gasteiger partial charge in [-0.1, -0.05) is 59.8 Å². The van der Waals surface area contributed by atoms with Crippen LogP contribution in [0.4, 0.5) is 0 Å². The SMILES string of the molecule is CCCCCCC(C)C1CCC2C3CCC4C[C@H](O)CCC4(C)C3CCC12C. The van der Waals surface area contributed by atoms with E-state index in [4.69, 9.17) is 0 Å². The van der Waals surface area contributed by atoms with Crippen LogP contribution in [0.5, 0.6) is 0 Å². The van der Waals surface area contributed by atoms with Gasteiger partial charge in [0.25, 0.3) is 0 Å². The third kappa shape index (κ3) is 3.50. The largest absolute Gasteiger partial charge is 0.393 e. The van der Waals surface area contributed by atoms with Gasteiger partial charge in [0.1, 0.15) is 0 Å². The normalized spacial score (nSPS) is 49.2. The molecule has 0 aromatic carbocycles. The van der Waals surface area contributed by atoms with E-state index in [1.807, 2.05) is 0 Å². The van der Waals surface area contributed by atoms with E-state index < -0.39 is 0 Å². The van der Waals surface area contributed by atoms with Gasteiger partial charge in [0.15, 0.2) is 0 Å². The molecule has 0 amide bonds. The zero-order chi connectivity index (χ0) is 19.9. The molecule has 4 rings (SSSR count). The standard InChI is InChI=1S/C27H48O/c1-5-6-7-8-9-19(2)23-12-13-24-22-11-10-20-18-21(28)14-16-26(20,3)25(22)15-17-27(23,24)4/h19-25,28H,5-18H2,1-4H3/t19?,20?,21-,22?,23?,24?,25?,26?,27?/m1/s1. The molecule has 1 heteroatoms. The highest BCUT2D eigenvalue weighted by molar-refractivity contribution is 5.09. The summed E-state index contributed by atoms with van der Waals surface area (Å²) in [7, 11) is 0. The van der Waals surface area contributed by atoms with Gasteiger partial charge in [-0.25, -0.2) is 0 Å². The molecule has 0 aromatic rings. The Morgan fingerprint density at radius 3 is 2.39 bits per heavy atom. The monoisotopic (exact) mass is 388 g/mol. The molecule has 28 heavy (non-hydrogen) atoms. The van der Waals surface area contributed by atoms with Gasteiger partial charge in [0.2, 0.25) is 0 Å². The Morgan fingerprint density at radius 2 is 1.61 bits per heavy atom. The minimum atomic E-state index is -0.00657. The smallest absolute Gasteiger partial charge is 0.0543 e. The van der Waals surface area contributed by atoms with Crippen molar-refractivity contribution >= 4 is 0 Å². The summed E-state index contributed by atoms with van der Waals surface area (Å²) in [6.07, 6.45) is 19.5. The van der Waals surface area contributed by atoms with Gasteiger partial charge in [-0.05, 0) is 104 Å². The van der Waals surface area contributed by atoms with Crippen molar-refractivity contribution in [1.82, 2.24) is 0 Å². The van der Waals surface area contributed by atoms with Crippen LogP contribution in [0.3, 0.4) is 0 Å². The van der Waals surface area contributed by atoms with Crippen LogP contribution < -0.4 is 0 Å². The molecule has 9 atom stereocenters. The molecule has 4 aliphatic rings. The lowest BCUT2D eigenvalue weighted by Gasteiger charge is -2.61. The summed E-state index contributed by atoms with van der Waals surface area (Å²) in [5.41, 5.74) is 1.16. The Labute approximate surface area is 175 Å². The van der Waals surface area contributed by atoms with E-state index in [2.05, 4.69) is 27.7 Å². The fraction of sp³-hybridized carbons (Fsp3) is 1.00. The van der Waals surface area contributed by atoms with Crippen LogP contribution in [0.1, 0.15) is 118 Å². The average molecular weight is 389 g/mol. The first-order valence-corrected chi connectivity index (χ1v) is 13.1. The molecule has 0 saturated heterocycles. The average Bonchev–Trinajstić information content (AvgIpc) is 3.03. The fourth-order valence-electron chi connectivity index (χ4n) is 9.30. The molecule has 8 unspecified atom stereocenters. The minimum absolute atomic E-state index is 0.00657. The van der Waals surface area contributed by atoms with Crippen LogP contribution >= 0.6 is 0 Å². The number of aliphatic hydroxyl groups excluding tert-OH is 1. The van der Waals surface area contributed by atoms with Crippen LogP contribution in [-0.4, -0.2) is 11.2 Å². The summed E-state index contributed by atoms with van der Waals surface area (Å²) in [4.78, 5) is 0. The molecule has 4 fully saturated rings. The first-order chi connectivity index (χ1) is 13.4. The summed E-state index contributed by atoms with van der Waals surface area (Å²) >= 11 is 0. The molecule has 0 bridgehead atoms. The lowest BCUT2D eigenvalue weighted by atomic mass is 9.44. The van der Waals surface area contributed by atoms with Crippen molar-refractivity contribution in [3.63, 3.8) is 0 Å². The van der Waals surface area contributed by atoms with Crippen molar-refractivity contribution in [3.8, 4) is 0 Å². The van der Waals surface area contributed by atoms with Gasteiger partial charge in [-0.15, -0.1) is 0 Å². The number of hydrogen-bond donors (Lipinski definition) is 1. The molecule has 1 nitrogen and oxygen atoms in total. The number of rotatable bonds is 6. The van der Waals surface area contributed by atoms with Crippen molar-refractivity contribution in [2.24, 2.45) is 46.3 Å². The van der Waals surface area contributed by atoms with Crippen LogP contribution in [-0.2, 0) is 0 Å².